The number of amides is 1. The van der Waals surface area contributed by atoms with Crippen molar-refractivity contribution in [3.63, 3.8) is 0 Å². The molecule has 1 fully saturated rings. The van der Waals surface area contributed by atoms with E-state index in [-0.39, 0.29) is 12.0 Å². The smallest absolute Gasteiger partial charge is 0.275 e. The van der Waals surface area contributed by atoms with Gasteiger partial charge in [-0.1, -0.05) is 18.2 Å². The van der Waals surface area contributed by atoms with Gasteiger partial charge in [0.1, 0.15) is 6.10 Å². The van der Waals surface area contributed by atoms with Crippen LogP contribution in [0.1, 0.15) is 22.3 Å². The fourth-order valence-electron chi connectivity index (χ4n) is 2.77. The number of ether oxygens (including phenoxy) is 1. The average molecular weight is 309 g/mol. The molecule has 1 atom stereocenters. The van der Waals surface area contributed by atoms with E-state index >= 15 is 0 Å². The zero-order chi connectivity index (χ0) is 15.6. The van der Waals surface area contributed by atoms with Crippen LogP contribution in [0.15, 0.2) is 42.9 Å². The highest BCUT2D eigenvalue weighted by molar-refractivity contribution is 6.04. The van der Waals surface area contributed by atoms with Crippen LogP contribution in [0.25, 0.3) is 10.9 Å². The van der Waals surface area contributed by atoms with Crippen molar-refractivity contribution < 1.29 is 9.53 Å². The highest BCUT2D eigenvalue weighted by Crippen LogP contribution is 2.23. The van der Waals surface area contributed by atoms with Gasteiger partial charge in [-0.05, 0) is 6.07 Å². The van der Waals surface area contributed by atoms with Gasteiger partial charge >= 0.3 is 0 Å². The molecule has 1 N–H and O–H groups in total. The van der Waals surface area contributed by atoms with Crippen molar-refractivity contribution in [3.05, 3.63) is 54.2 Å². The van der Waals surface area contributed by atoms with Gasteiger partial charge in [-0.3, -0.25) is 19.9 Å². The lowest BCUT2D eigenvalue weighted by atomic mass is 10.1. The third kappa shape index (κ3) is 2.55. The summed E-state index contributed by atoms with van der Waals surface area (Å²) in [4.78, 5) is 22.9. The number of benzene rings is 1. The molecule has 0 aliphatic carbocycles. The molecule has 3 heterocycles. The molecule has 23 heavy (non-hydrogen) atoms. The predicted molar refractivity (Wildman–Crippen MR) is 82.7 cm³/mol. The zero-order valence-electron chi connectivity index (χ0n) is 12.3. The predicted octanol–water partition coefficient (Wildman–Crippen LogP) is 1.57. The largest absolute Gasteiger partial charge is 0.368 e. The topological polar surface area (TPSA) is 84.0 Å². The summed E-state index contributed by atoms with van der Waals surface area (Å²) in [6.45, 7) is 1.45. The number of morpholine rings is 1. The van der Waals surface area contributed by atoms with E-state index in [1.54, 1.807) is 23.5 Å². The Balaban J connectivity index is 1.59. The third-order valence-corrected chi connectivity index (χ3v) is 3.94. The molecule has 0 spiro atoms. The minimum atomic E-state index is -0.258. The van der Waals surface area contributed by atoms with Gasteiger partial charge in [0.15, 0.2) is 5.69 Å². The number of carbonyl (C=O) groups excluding carboxylic acids is 1. The van der Waals surface area contributed by atoms with E-state index in [1.165, 1.54) is 0 Å². The quantitative estimate of drug-likeness (QED) is 0.776. The van der Waals surface area contributed by atoms with Crippen molar-refractivity contribution in [2.24, 2.45) is 0 Å². The molecule has 4 rings (SSSR count). The number of nitrogens with zero attached hydrogens (tertiary/aromatic N) is 4. The second-order valence-electron chi connectivity index (χ2n) is 5.36. The van der Waals surface area contributed by atoms with Gasteiger partial charge in [0.25, 0.3) is 5.91 Å². The molecule has 116 valence electrons. The maximum atomic E-state index is 12.8. The van der Waals surface area contributed by atoms with Crippen LogP contribution in [0.5, 0.6) is 0 Å². The van der Waals surface area contributed by atoms with Crippen LogP contribution >= 0.6 is 0 Å². The summed E-state index contributed by atoms with van der Waals surface area (Å²) >= 11 is 0. The highest BCUT2D eigenvalue weighted by Gasteiger charge is 2.29. The van der Waals surface area contributed by atoms with Crippen LogP contribution in [-0.2, 0) is 4.74 Å². The van der Waals surface area contributed by atoms with Crippen LogP contribution in [0, 0.1) is 0 Å². The van der Waals surface area contributed by atoms with E-state index in [0.29, 0.717) is 25.4 Å². The fourth-order valence-corrected chi connectivity index (χ4v) is 2.77. The number of hydrogen-bond donors (Lipinski definition) is 1. The van der Waals surface area contributed by atoms with Crippen LogP contribution in [-0.4, -0.2) is 50.7 Å². The van der Waals surface area contributed by atoms with E-state index in [1.807, 2.05) is 24.3 Å². The molecule has 1 amide bonds. The van der Waals surface area contributed by atoms with E-state index < -0.39 is 0 Å². The molecule has 0 radical (unpaired) electrons. The number of nitrogens with one attached hydrogen (secondary N) is 1. The molecular formula is C16H15N5O2. The summed E-state index contributed by atoms with van der Waals surface area (Å²) in [5.41, 5.74) is 2.03. The van der Waals surface area contributed by atoms with Gasteiger partial charge in [-0.15, -0.1) is 0 Å². The normalized spacial score (nSPS) is 18.3. The van der Waals surface area contributed by atoms with Gasteiger partial charge in [0, 0.05) is 24.3 Å². The Morgan fingerprint density at radius 1 is 1.30 bits per heavy atom. The Morgan fingerprint density at radius 3 is 3.09 bits per heavy atom. The first-order valence-corrected chi connectivity index (χ1v) is 7.43. The van der Waals surface area contributed by atoms with Crippen LogP contribution in [0.3, 0.4) is 0 Å². The standard InChI is InChI=1S/C16H15N5O2/c22-16(15-11-3-1-2-4-12(11)19-20-15)21-7-8-23-14(10-21)13-9-17-5-6-18-13/h1-6,9,14H,7-8,10H2,(H,19,20)/t14-/m0/s1. The molecule has 0 unspecified atom stereocenters. The van der Waals surface area contributed by atoms with E-state index in [4.69, 9.17) is 4.74 Å². The van der Waals surface area contributed by atoms with Gasteiger partial charge in [-0.25, -0.2) is 0 Å². The van der Waals surface area contributed by atoms with Crippen molar-refractivity contribution in [1.29, 1.82) is 0 Å². The maximum Gasteiger partial charge on any atom is 0.275 e. The lowest BCUT2D eigenvalue weighted by Crippen LogP contribution is -2.42. The lowest BCUT2D eigenvalue weighted by Gasteiger charge is -2.32. The Morgan fingerprint density at radius 2 is 2.22 bits per heavy atom. The molecular weight excluding hydrogens is 294 g/mol. The number of hydrogen-bond acceptors (Lipinski definition) is 5. The van der Waals surface area contributed by atoms with Crippen molar-refractivity contribution in [3.8, 4) is 0 Å². The number of H-pyrrole nitrogens is 1. The first-order valence-electron chi connectivity index (χ1n) is 7.43. The number of aromatic amines is 1. The number of para-hydroxylation sites is 1. The Bertz CT molecular complexity index is 833. The number of fused-ring (bicyclic) bond motifs is 1. The van der Waals surface area contributed by atoms with Crippen molar-refractivity contribution in [2.45, 2.75) is 6.10 Å². The molecule has 3 aromatic rings. The molecule has 7 nitrogen and oxygen atoms in total. The summed E-state index contributed by atoms with van der Waals surface area (Å²) in [6, 6.07) is 7.61. The van der Waals surface area contributed by atoms with Crippen molar-refractivity contribution >= 4 is 16.8 Å². The average Bonchev–Trinajstić information content (AvgIpc) is 3.06. The maximum absolute atomic E-state index is 12.8. The molecule has 1 aliphatic rings. The lowest BCUT2D eigenvalue weighted by molar-refractivity contribution is -0.0250. The van der Waals surface area contributed by atoms with Crippen molar-refractivity contribution in [2.75, 3.05) is 19.7 Å². The Kier molecular flexibility index (Phi) is 3.47. The molecule has 0 saturated carbocycles. The highest BCUT2D eigenvalue weighted by atomic mass is 16.5. The summed E-state index contributed by atoms with van der Waals surface area (Å²) in [6.07, 6.45) is 4.65. The summed E-state index contributed by atoms with van der Waals surface area (Å²) in [5.74, 6) is -0.0976. The SMILES string of the molecule is O=C(c1n[nH]c2ccccc12)N1CCO[C@H](c2cnccn2)C1. The Hall–Kier alpha value is -2.80. The van der Waals surface area contributed by atoms with E-state index in [0.717, 1.165) is 16.6 Å². The first-order chi connectivity index (χ1) is 11.3. The second kappa shape index (κ2) is 5.77. The molecule has 1 aliphatic heterocycles. The molecule has 1 saturated heterocycles. The molecule has 1 aromatic carbocycles. The van der Waals surface area contributed by atoms with Gasteiger partial charge in [0.05, 0.1) is 30.6 Å². The molecule has 0 bridgehead atoms. The van der Waals surface area contributed by atoms with Crippen molar-refractivity contribution in [1.82, 2.24) is 25.1 Å². The van der Waals surface area contributed by atoms with E-state index in [2.05, 4.69) is 20.2 Å². The fraction of sp³-hybridized carbons (Fsp3) is 0.250. The van der Waals surface area contributed by atoms with Gasteiger partial charge in [0.2, 0.25) is 0 Å². The second-order valence-corrected chi connectivity index (χ2v) is 5.36. The monoisotopic (exact) mass is 309 g/mol. The number of carbonyl (C=O) groups is 1. The first kappa shape index (κ1) is 13.8. The zero-order valence-corrected chi connectivity index (χ0v) is 12.3. The third-order valence-electron chi connectivity index (χ3n) is 3.94. The van der Waals surface area contributed by atoms with Gasteiger partial charge < -0.3 is 9.64 Å². The van der Waals surface area contributed by atoms with Crippen LogP contribution in [0.4, 0.5) is 0 Å². The van der Waals surface area contributed by atoms with E-state index in [9.17, 15) is 4.79 Å². The number of aromatic nitrogens is 4. The van der Waals surface area contributed by atoms with Gasteiger partial charge in [-0.2, -0.15) is 5.10 Å². The summed E-state index contributed by atoms with van der Waals surface area (Å²) < 4.78 is 5.72. The number of rotatable bonds is 2. The van der Waals surface area contributed by atoms with Crippen LogP contribution < -0.4 is 0 Å². The molecule has 2 aromatic heterocycles. The minimum Gasteiger partial charge on any atom is -0.368 e. The summed E-state index contributed by atoms with van der Waals surface area (Å²) in [7, 11) is 0. The summed E-state index contributed by atoms with van der Waals surface area (Å²) in [5, 5.41) is 7.92. The Labute approximate surface area is 132 Å². The minimum absolute atomic E-state index is 0.0976. The van der Waals surface area contributed by atoms with Crippen LogP contribution in [0.2, 0.25) is 0 Å². The molecule has 7 heteroatoms.